The molecule has 17 heteroatoms. The van der Waals surface area contributed by atoms with E-state index in [2.05, 4.69) is 36.5 Å². The second-order valence-corrected chi connectivity index (χ2v) is 12.5. The lowest BCUT2D eigenvalue weighted by Gasteiger charge is -2.20. The maximum atomic E-state index is 10.3. The van der Waals surface area contributed by atoms with E-state index in [4.69, 9.17) is 50.6 Å². The van der Waals surface area contributed by atoms with Crippen molar-refractivity contribution < 1.29 is 35.1 Å². The number of aliphatic hydroxyl groups excluding tert-OH is 6. The highest BCUT2D eigenvalue weighted by atomic mass is 35.5. The first kappa shape index (κ1) is 35.3. The highest BCUT2D eigenvalue weighted by Gasteiger charge is 2.42. The van der Waals surface area contributed by atoms with E-state index in [1.54, 1.807) is 0 Å². The van der Waals surface area contributed by atoms with Gasteiger partial charge < -0.3 is 57.2 Å². The number of aromatic nitrogens is 4. The first-order valence-electron chi connectivity index (χ1n) is 14.9. The van der Waals surface area contributed by atoms with Gasteiger partial charge in [0.15, 0.2) is 5.15 Å². The van der Waals surface area contributed by atoms with E-state index < -0.39 is 48.3 Å². The Balaban J connectivity index is 0.000000199. The number of hydrogen-bond donors (Lipinski definition) is 10. The smallest absolute Gasteiger partial charge is 0.223 e. The number of terminal acetylenes is 1. The average molecular weight is 704 g/mol. The molecule has 0 saturated heterocycles. The molecule has 2 aliphatic carbocycles. The van der Waals surface area contributed by atoms with E-state index in [0.717, 1.165) is 10.9 Å². The number of benzene rings is 1. The van der Waals surface area contributed by atoms with Crippen molar-refractivity contribution in [3.8, 4) is 23.7 Å². The summed E-state index contributed by atoms with van der Waals surface area (Å²) in [7, 11) is 0. The molecule has 0 amide bonds. The summed E-state index contributed by atoms with van der Waals surface area (Å²) in [6.45, 7) is 1.55. The van der Waals surface area contributed by atoms with E-state index in [-0.39, 0.29) is 46.8 Å². The van der Waals surface area contributed by atoms with Gasteiger partial charge in [-0.05, 0) is 38.0 Å². The summed E-state index contributed by atoms with van der Waals surface area (Å²) < 4.78 is 5.93. The molecule has 2 aliphatic rings. The summed E-state index contributed by atoms with van der Waals surface area (Å²) in [5.74, 6) is 2.40. The number of nitrogens with one attached hydrogen (secondary N) is 2. The number of fused-ring (bicyclic) bond motifs is 1. The van der Waals surface area contributed by atoms with Crippen LogP contribution in [0.5, 0.6) is 0 Å². The van der Waals surface area contributed by atoms with Gasteiger partial charge in [0.2, 0.25) is 11.9 Å². The van der Waals surface area contributed by atoms with Crippen LogP contribution in [0.25, 0.3) is 22.3 Å². The molecule has 0 radical (unpaired) electrons. The van der Waals surface area contributed by atoms with E-state index >= 15 is 0 Å². The lowest BCUT2D eigenvalue weighted by molar-refractivity contribution is 0.00442. The fourth-order valence-electron chi connectivity index (χ4n) is 5.99. The molecule has 6 rings (SSSR count). The molecule has 0 bridgehead atoms. The molecule has 0 aliphatic heterocycles. The lowest BCUT2D eigenvalue weighted by atomic mass is 10.1. The maximum Gasteiger partial charge on any atom is 0.223 e. The zero-order chi connectivity index (χ0) is 34.9. The number of nitrogen functional groups attached to an aromatic ring is 2. The van der Waals surface area contributed by atoms with Crippen LogP contribution in [-0.4, -0.2) is 100 Å². The van der Waals surface area contributed by atoms with Crippen LogP contribution in [-0.2, 0) is 0 Å². The predicted octanol–water partition coefficient (Wildman–Crippen LogP) is 1.16. The number of anilines is 4. The standard InChI is InChI=1S/C19H21ClN4O4.C12H15ClN4O3/c1-8-2-3-12-9(4-8)6-13(28-12)14-17(20)23-19(21)24-18(14)22-11-5-10(7-25)15(26)16(11)27;1-2-6-10(13)16-12(14)17-11(6)15-7-3-5(4-18)8(19)9(7)20/h2-4,6,10-11,15-16,25-27H,5,7H2,1H3,(H3,21,22,23,24);1,5,7-9,18-20H,3-4H2,(H3,14,15,16,17)/t10-,11-,15-,16+;5-,7-,8-,9+/m11/s1. The molecule has 48 heavy (non-hydrogen) atoms. The van der Waals surface area contributed by atoms with Gasteiger partial charge in [0.05, 0.1) is 29.9 Å². The Labute approximate surface area is 285 Å². The van der Waals surface area contributed by atoms with Gasteiger partial charge in [-0.15, -0.1) is 6.42 Å². The third-order valence-corrected chi connectivity index (χ3v) is 9.09. The van der Waals surface area contributed by atoms with Crippen molar-refractivity contribution in [2.45, 2.75) is 56.3 Å². The van der Waals surface area contributed by atoms with Gasteiger partial charge >= 0.3 is 0 Å². The van der Waals surface area contributed by atoms with Crippen molar-refractivity contribution in [2.75, 3.05) is 35.3 Å². The summed E-state index contributed by atoms with van der Waals surface area (Å²) in [6.07, 6.45) is 1.91. The van der Waals surface area contributed by atoms with Crippen molar-refractivity contribution in [1.29, 1.82) is 0 Å². The van der Waals surface area contributed by atoms with Crippen molar-refractivity contribution >= 4 is 57.7 Å². The maximum absolute atomic E-state index is 10.3. The van der Waals surface area contributed by atoms with Crippen LogP contribution in [0.4, 0.5) is 23.5 Å². The lowest BCUT2D eigenvalue weighted by Crippen LogP contribution is -2.35. The van der Waals surface area contributed by atoms with Gasteiger partial charge in [-0.3, -0.25) is 0 Å². The van der Waals surface area contributed by atoms with E-state index in [1.807, 2.05) is 31.2 Å². The SMILES string of the molecule is C#Cc1c(Cl)nc(N)nc1N[C@@H]1C[C@H](CO)[C@@H](O)[C@H]1O.Cc1ccc2oc(-c3c(Cl)nc(N)nc3N[C@@H]3C[C@H](CO)[C@@H](O)[C@H]3O)cc2c1. The van der Waals surface area contributed by atoms with Crippen molar-refractivity contribution in [2.24, 2.45) is 11.8 Å². The molecule has 4 aromatic rings. The molecule has 2 saturated carbocycles. The highest BCUT2D eigenvalue weighted by Crippen LogP contribution is 2.39. The molecule has 3 aromatic heterocycles. The second kappa shape index (κ2) is 14.6. The normalized spacial score (nSPS) is 26.6. The summed E-state index contributed by atoms with van der Waals surface area (Å²) in [5, 5.41) is 65.7. The third-order valence-electron chi connectivity index (χ3n) is 8.54. The van der Waals surface area contributed by atoms with Gasteiger partial charge in [0.1, 0.15) is 45.9 Å². The van der Waals surface area contributed by atoms with Gasteiger partial charge in [-0.1, -0.05) is 40.8 Å². The van der Waals surface area contributed by atoms with Crippen molar-refractivity contribution in [3.63, 3.8) is 0 Å². The number of hydrogen-bond acceptors (Lipinski definition) is 15. The number of nitrogens with two attached hydrogens (primary N) is 2. The second-order valence-electron chi connectivity index (χ2n) is 11.8. The molecule has 3 heterocycles. The molecule has 1 aromatic carbocycles. The number of halogens is 2. The van der Waals surface area contributed by atoms with Gasteiger partial charge in [0, 0.05) is 30.4 Å². The van der Waals surface area contributed by atoms with Crippen LogP contribution in [0.15, 0.2) is 28.7 Å². The number of aryl methyl sites for hydroxylation is 1. The Morgan fingerprint density at radius 3 is 1.92 bits per heavy atom. The Bertz CT molecular complexity index is 1820. The average Bonchev–Trinajstić information content (AvgIpc) is 3.66. The van der Waals surface area contributed by atoms with Crippen LogP contribution in [0.1, 0.15) is 24.0 Å². The minimum absolute atomic E-state index is 0.0325. The predicted molar refractivity (Wildman–Crippen MR) is 180 cm³/mol. The van der Waals surface area contributed by atoms with Crippen molar-refractivity contribution in [3.05, 3.63) is 45.7 Å². The highest BCUT2D eigenvalue weighted by molar-refractivity contribution is 6.32. The van der Waals surface area contributed by atoms with Gasteiger partial charge in [-0.2, -0.15) is 15.0 Å². The Kier molecular flexibility index (Phi) is 10.8. The summed E-state index contributed by atoms with van der Waals surface area (Å²) >= 11 is 12.2. The summed E-state index contributed by atoms with van der Waals surface area (Å²) in [4.78, 5) is 15.9. The molecule has 15 nitrogen and oxygen atoms in total. The van der Waals surface area contributed by atoms with Crippen LogP contribution in [0.3, 0.4) is 0 Å². The first-order chi connectivity index (χ1) is 22.8. The molecule has 256 valence electrons. The van der Waals surface area contributed by atoms with Gasteiger partial charge in [0.25, 0.3) is 0 Å². The van der Waals surface area contributed by atoms with Crippen LogP contribution < -0.4 is 22.1 Å². The zero-order valence-corrected chi connectivity index (χ0v) is 27.1. The minimum atomic E-state index is -1.07. The fourth-order valence-corrected chi connectivity index (χ4v) is 6.49. The monoisotopic (exact) mass is 702 g/mol. The quantitative estimate of drug-likeness (QED) is 0.0956. The Morgan fingerprint density at radius 1 is 0.833 bits per heavy atom. The van der Waals surface area contributed by atoms with Crippen LogP contribution >= 0.6 is 23.2 Å². The van der Waals surface area contributed by atoms with Gasteiger partial charge in [-0.25, -0.2) is 4.98 Å². The number of aliphatic hydroxyl groups is 6. The fraction of sp³-hybridized carbons (Fsp3) is 0.419. The molecular weight excluding hydrogens is 667 g/mol. The molecular formula is C31H36Cl2N8O7. The molecule has 0 spiro atoms. The van der Waals surface area contributed by atoms with E-state index in [1.165, 1.54) is 0 Å². The Morgan fingerprint density at radius 2 is 1.38 bits per heavy atom. The molecule has 2 fully saturated rings. The number of furan rings is 1. The van der Waals surface area contributed by atoms with Crippen LogP contribution in [0, 0.1) is 31.1 Å². The topological polar surface area (TPSA) is 262 Å². The minimum Gasteiger partial charge on any atom is -0.456 e. The van der Waals surface area contributed by atoms with Crippen molar-refractivity contribution in [1.82, 2.24) is 19.9 Å². The van der Waals surface area contributed by atoms with E-state index in [9.17, 15) is 25.5 Å². The Hall–Kier alpha value is -3.98. The molecule has 0 unspecified atom stereocenters. The largest absolute Gasteiger partial charge is 0.456 e. The zero-order valence-electron chi connectivity index (χ0n) is 25.6. The number of rotatable bonds is 7. The summed E-state index contributed by atoms with van der Waals surface area (Å²) in [6, 6.07) is 6.59. The van der Waals surface area contributed by atoms with Crippen LogP contribution in [0.2, 0.25) is 10.3 Å². The molecule has 8 atom stereocenters. The first-order valence-corrected chi connectivity index (χ1v) is 15.7. The van der Waals surface area contributed by atoms with E-state index in [0.29, 0.717) is 35.6 Å². The number of nitrogens with zero attached hydrogens (tertiary/aromatic N) is 4. The summed E-state index contributed by atoms with van der Waals surface area (Å²) in [5.41, 5.74) is 13.7. The molecule has 12 N–H and O–H groups in total. The third kappa shape index (κ3) is 7.21.